The number of anilines is 2. The molecule has 0 saturated heterocycles. The Balaban J connectivity index is 1.93. The van der Waals surface area contributed by atoms with Gasteiger partial charge in [0.15, 0.2) is 0 Å². The number of nitrogens with zero attached hydrogens (tertiary/aromatic N) is 2. The zero-order valence-electron chi connectivity index (χ0n) is 9.89. The van der Waals surface area contributed by atoms with Crippen LogP contribution < -0.4 is 10.6 Å². The van der Waals surface area contributed by atoms with Gasteiger partial charge in [0, 0.05) is 17.1 Å². The molecule has 18 heavy (non-hydrogen) atoms. The summed E-state index contributed by atoms with van der Waals surface area (Å²) in [5.74, 6) is 0. The van der Waals surface area contributed by atoms with Crippen LogP contribution in [0.2, 0.25) is 0 Å². The van der Waals surface area contributed by atoms with Gasteiger partial charge in [-0.05, 0) is 24.1 Å². The molecule has 2 aromatic rings. The van der Waals surface area contributed by atoms with Gasteiger partial charge in [0.05, 0.1) is 12.1 Å². The molecule has 0 aliphatic carbocycles. The monoisotopic (exact) mass is 255 g/mol. The molecule has 0 amide bonds. The second-order valence-electron chi connectivity index (χ2n) is 4.36. The summed E-state index contributed by atoms with van der Waals surface area (Å²) in [5, 5.41) is 9.77. The van der Waals surface area contributed by atoms with E-state index in [4.69, 9.17) is 11.0 Å². The van der Waals surface area contributed by atoms with E-state index in [9.17, 15) is 0 Å². The predicted octanol–water partition coefficient (Wildman–Crippen LogP) is 2.76. The van der Waals surface area contributed by atoms with Gasteiger partial charge < -0.3 is 10.6 Å². The Morgan fingerprint density at radius 3 is 2.78 bits per heavy atom. The first-order valence-electron chi connectivity index (χ1n) is 5.89. The van der Waals surface area contributed by atoms with Crippen LogP contribution in [0.4, 0.5) is 10.7 Å². The van der Waals surface area contributed by atoms with Crippen LogP contribution in [0.25, 0.3) is 0 Å². The second-order valence-corrected chi connectivity index (χ2v) is 5.50. The molecule has 0 saturated carbocycles. The largest absolute Gasteiger partial charge is 0.389 e. The van der Waals surface area contributed by atoms with Crippen LogP contribution in [0.3, 0.4) is 0 Å². The molecule has 1 aromatic carbocycles. The summed E-state index contributed by atoms with van der Waals surface area (Å²) < 4.78 is 0. The smallest absolute Gasteiger partial charge is 0.104 e. The number of nitrogen functional groups attached to an aromatic ring is 1. The molecule has 2 N–H and O–H groups in total. The first-order chi connectivity index (χ1) is 8.79. The molecule has 0 unspecified atom stereocenters. The number of nitriles is 1. The number of nitrogens with two attached hydrogens (primary N) is 1. The molecule has 0 bridgehead atoms. The summed E-state index contributed by atoms with van der Waals surface area (Å²) in [5.41, 5.74) is 8.98. The third-order valence-electron chi connectivity index (χ3n) is 3.32. The van der Waals surface area contributed by atoms with E-state index in [0.717, 1.165) is 25.1 Å². The predicted molar refractivity (Wildman–Crippen MR) is 74.6 cm³/mol. The molecule has 3 rings (SSSR count). The summed E-state index contributed by atoms with van der Waals surface area (Å²) in [6, 6.07) is 12.6. The van der Waals surface area contributed by atoms with E-state index in [0.29, 0.717) is 10.6 Å². The van der Waals surface area contributed by atoms with E-state index >= 15 is 0 Å². The minimum atomic E-state index is 0.664. The Morgan fingerprint density at radius 2 is 2.06 bits per heavy atom. The van der Waals surface area contributed by atoms with E-state index in [2.05, 4.69) is 23.1 Å². The highest BCUT2D eigenvalue weighted by atomic mass is 32.1. The Labute approximate surface area is 110 Å². The average molecular weight is 255 g/mol. The molecule has 0 spiro atoms. The Kier molecular flexibility index (Phi) is 2.69. The maximum absolute atomic E-state index is 9.11. The first kappa shape index (κ1) is 11.1. The molecule has 3 nitrogen and oxygen atoms in total. The number of benzene rings is 1. The van der Waals surface area contributed by atoms with Crippen molar-refractivity contribution in [3.63, 3.8) is 0 Å². The Hall–Kier alpha value is -1.99. The van der Waals surface area contributed by atoms with Crippen molar-refractivity contribution in [2.24, 2.45) is 0 Å². The van der Waals surface area contributed by atoms with Crippen molar-refractivity contribution in [1.82, 2.24) is 0 Å². The zero-order valence-corrected chi connectivity index (χ0v) is 10.7. The first-order valence-corrected chi connectivity index (χ1v) is 6.71. The highest BCUT2D eigenvalue weighted by Crippen LogP contribution is 2.35. The number of para-hydroxylation sites is 1. The molecular weight excluding hydrogens is 242 g/mol. The van der Waals surface area contributed by atoms with Crippen LogP contribution in [0.15, 0.2) is 30.3 Å². The Bertz CT molecular complexity index is 610. The highest BCUT2D eigenvalue weighted by molar-refractivity contribution is 7.16. The summed E-state index contributed by atoms with van der Waals surface area (Å²) in [6.45, 7) is 1.80. The van der Waals surface area contributed by atoms with Crippen molar-refractivity contribution in [3.05, 3.63) is 46.3 Å². The molecule has 0 radical (unpaired) electrons. The summed E-state index contributed by atoms with van der Waals surface area (Å²) in [6.07, 6.45) is 0.904. The number of fused-ring (bicyclic) bond motifs is 1. The van der Waals surface area contributed by atoms with Crippen LogP contribution in [0.1, 0.15) is 16.0 Å². The summed E-state index contributed by atoms with van der Waals surface area (Å²) in [4.78, 5) is 3.57. The van der Waals surface area contributed by atoms with Gasteiger partial charge in [0.2, 0.25) is 0 Å². The van der Waals surface area contributed by atoms with Gasteiger partial charge in [-0.2, -0.15) is 5.26 Å². The minimum absolute atomic E-state index is 0.664. The van der Waals surface area contributed by atoms with Crippen molar-refractivity contribution in [3.8, 4) is 6.07 Å². The number of hydrogen-bond donors (Lipinski definition) is 1. The summed E-state index contributed by atoms with van der Waals surface area (Å²) >= 11 is 1.55. The van der Waals surface area contributed by atoms with Crippen LogP contribution >= 0.6 is 11.3 Å². The van der Waals surface area contributed by atoms with Crippen LogP contribution in [-0.2, 0) is 13.0 Å². The molecule has 4 heteroatoms. The highest BCUT2D eigenvalue weighted by Gasteiger charge is 2.23. The molecule has 1 aromatic heterocycles. The zero-order chi connectivity index (χ0) is 12.5. The van der Waals surface area contributed by atoms with Gasteiger partial charge in [0.25, 0.3) is 0 Å². The van der Waals surface area contributed by atoms with Gasteiger partial charge in [-0.15, -0.1) is 11.3 Å². The molecule has 1 aliphatic heterocycles. The fourth-order valence-corrected chi connectivity index (χ4v) is 3.49. The van der Waals surface area contributed by atoms with Crippen molar-refractivity contribution >= 4 is 22.0 Å². The SMILES string of the molecule is N#Cc1c(N)sc2c1CCN(c1ccccc1)C2. The molecular formula is C14H13N3S. The lowest BCUT2D eigenvalue weighted by Crippen LogP contribution is -2.29. The van der Waals surface area contributed by atoms with Crippen LogP contribution in [0.5, 0.6) is 0 Å². The van der Waals surface area contributed by atoms with Gasteiger partial charge in [0.1, 0.15) is 11.1 Å². The van der Waals surface area contributed by atoms with Crippen LogP contribution in [-0.4, -0.2) is 6.54 Å². The lowest BCUT2D eigenvalue weighted by atomic mass is 10.0. The van der Waals surface area contributed by atoms with Gasteiger partial charge in [-0.3, -0.25) is 0 Å². The lowest BCUT2D eigenvalue weighted by molar-refractivity contribution is 0.743. The van der Waals surface area contributed by atoms with Crippen molar-refractivity contribution in [2.75, 3.05) is 17.2 Å². The van der Waals surface area contributed by atoms with E-state index in [1.807, 2.05) is 18.2 Å². The fraction of sp³-hybridized carbons (Fsp3) is 0.214. The third kappa shape index (κ3) is 1.73. The summed E-state index contributed by atoms with van der Waals surface area (Å²) in [7, 11) is 0. The second kappa shape index (κ2) is 4.35. The van der Waals surface area contributed by atoms with E-state index in [1.54, 1.807) is 11.3 Å². The lowest BCUT2D eigenvalue weighted by Gasteiger charge is -2.28. The topological polar surface area (TPSA) is 53.1 Å². The average Bonchev–Trinajstić information content (AvgIpc) is 2.74. The molecule has 0 atom stereocenters. The maximum Gasteiger partial charge on any atom is 0.104 e. The molecule has 2 heterocycles. The van der Waals surface area contributed by atoms with E-state index in [1.165, 1.54) is 10.6 Å². The van der Waals surface area contributed by atoms with Crippen molar-refractivity contribution < 1.29 is 0 Å². The molecule has 1 aliphatic rings. The quantitative estimate of drug-likeness (QED) is 0.852. The maximum atomic E-state index is 9.11. The van der Waals surface area contributed by atoms with Crippen LogP contribution in [0, 0.1) is 11.3 Å². The number of thiophene rings is 1. The minimum Gasteiger partial charge on any atom is -0.389 e. The van der Waals surface area contributed by atoms with Gasteiger partial charge in [-0.1, -0.05) is 18.2 Å². The van der Waals surface area contributed by atoms with E-state index in [-0.39, 0.29) is 0 Å². The fourth-order valence-electron chi connectivity index (χ4n) is 2.41. The van der Waals surface area contributed by atoms with Crippen molar-refractivity contribution in [2.45, 2.75) is 13.0 Å². The van der Waals surface area contributed by atoms with Gasteiger partial charge in [-0.25, -0.2) is 0 Å². The standard InChI is InChI=1S/C14H13N3S/c15-8-12-11-6-7-17(9-13(11)18-14(12)16)10-4-2-1-3-5-10/h1-5H,6-7,9,16H2. The Morgan fingerprint density at radius 1 is 1.28 bits per heavy atom. The normalized spacial score (nSPS) is 14.1. The molecule has 90 valence electrons. The van der Waals surface area contributed by atoms with Gasteiger partial charge >= 0.3 is 0 Å². The van der Waals surface area contributed by atoms with Crippen molar-refractivity contribution in [1.29, 1.82) is 5.26 Å². The number of hydrogen-bond acceptors (Lipinski definition) is 4. The molecule has 0 fully saturated rings. The third-order valence-corrected chi connectivity index (χ3v) is 4.36. The number of rotatable bonds is 1. The van der Waals surface area contributed by atoms with E-state index < -0.39 is 0 Å².